The van der Waals surface area contributed by atoms with E-state index in [-0.39, 0.29) is 36.9 Å². The van der Waals surface area contributed by atoms with E-state index in [1.165, 1.54) is 12.1 Å². The van der Waals surface area contributed by atoms with E-state index in [0.29, 0.717) is 18.4 Å². The molecule has 1 aliphatic carbocycles. The van der Waals surface area contributed by atoms with Crippen molar-refractivity contribution in [3.63, 3.8) is 0 Å². The maximum absolute atomic E-state index is 13.5. The van der Waals surface area contributed by atoms with Gasteiger partial charge in [0.1, 0.15) is 12.1 Å². The SMILES string of the molecule is Cc1cnc(C2CC3(C2)C(=O)N(C(C)C)CC(=O)N3Cc2ccc(C(F)(F)F)cc2)s1. The fourth-order valence-corrected chi connectivity index (χ4v) is 5.32. The van der Waals surface area contributed by atoms with E-state index in [9.17, 15) is 22.8 Å². The summed E-state index contributed by atoms with van der Waals surface area (Å²) in [7, 11) is 0. The number of halogens is 3. The largest absolute Gasteiger partial charge is 0.416 e. The van der Waals surface area contributed by atoms with Gasteiger partial charge in [-0.05, 0) is 51.3 Å². The first kappa shape index (κ1) is 21.8. The van der Waals surface area contributed by atoms with Gasteiger partial charge in [0.15, 0.2) is 0 Å². The van der Waals surface area contributed by atoms with E-state index in [4.69, 9.17) is 0 Å². The smallest absolute Gasteiger partial charge is 0.329 e. The van der Waals surface area contributed by atoms with Crippen LogP contribution in [-0.2, 0) is 22.3 Å². The number of nitrogens with zero attached hydrogens (tertiary/aromatic N) is 3. The number of piperazine rings is 1. The minimum Gasteiger partial charge on any atom is -0.329 e. The number of carbonyl (C=O) groups is 2. The molecule has 4 rings (SSSR count). The Balaban J connectivity index is 1.61. The van der Waals surface area contributed by atoms with Gasteiger partial charge in [0.05, 0.1) is 10.6 Å². The van der Waals surface area contributed by atoms with Crippen molar-refractivity contribution in [3.05, 3.63) is 51.5 Å². The van der Waals surface area contributed by atoms with Gasteiger partial charge in [-0.15, -0.1) is 11.3 Å². The second-order valence-corrected chi connectivity index (χ2v) is 9.91. The van der Waals surface area contributed by atoms with Crippen molar-refractivity contribution in [2.45, 2.75) is 63.8 Å². The van der Waals surface area contributed by atoms with Crippen LogP contribution in [0, 0.1) is 6.92 Å². The number of aromatic nitrogens is 1. The van der Waals surface area contributed by atoms with Crippen molar-refractivity contribution in [1.82, 2.24) is 14.8 Å². The molecule has 0 radical (unpaired) electrons. The first-order valence-electron chi connectivity index (χ1n) is 10.2. The lowest BCUT2D eigenvalue weighted by molar-refractivity contribution is -0.176. The minimum atomic E-state index is -4.42. The highest BCUT2D eigenvalue weighted by Crippen LogP contribution is 2.52. The van der Waals surface area contributed by atoms with Crippen LogP contribution in [0.15, 0.2) is 30.5 Å². The lowest BCUT2D eigenvalue weighted by Crippen LogP contribution is -2.72. The molecule has 1 aromatic heterocycles. The van der Waals surface area contributed by atoms with Crippen molar-refractivity contribution in [1.29, 1.82) is 0 Å². The summed E-state index contributed by atoms with van der Waals surface area (Å²) in [5.41, 5.74) is -1.13. The summed E-state index contributed by atoms with van der Waals surface area (Å²) in [6, 6.07) is 4.68. The van der Waals surface area contributed by atoms with Crippen LogP contribution in [-0.4, -0.2) is 44.7 Å². The zero-order valence-corrected chi connectivity index (χ0v) is 18.4. The third-order valence-corrected chi connectivity index (χ3v) is 7.26. The normalized spacial score (nSPS) is 24.3. The molecule has 166 valence electrons. The van der Waals surface area contributed by atoms with Crippen molar-refractivity contribution in [3.8, 4) is 0 Å². The lowest BCUT2D eigenvalue weighted by atomic mass is 9.65. The Hall–Kier alpha value is -2.42. The number of aryl methyl sites for hydroxylation is 1. The second-order valence-electron chi connectivity index (χ2n) is 8.65. The number of carbonyl (C=O) groups excluding carboxylic acids is 2. The predicted molar refractivity (Wildman–Crippen MR) is 110 cm³/mol. The van der Waals surface area contributed by atoms with Crippen LogP contribution in [0.3, 0.4) is 0 Å². The highest BCUT2D eigenvalue weighted by Gasteiger charge is 2.60. The molecule has 0 unspecified atom stereocenters. The van der Waals surface area contributed by atoms with Crippen LogP contribution in [0.5, 0.6) is 0 Å². The maximum atomic E-state index is 13.5. The van der Waals surface area contributed by atoms with Crippen molar-refractivity contribution in [2.75, 3.05) is 6.54 Å². The molecule has 5 nitrogen and oxygen atoms in total. The molecule has 2 aromatic rings. The van der Waals surface area contributed by atoms with Crippen LogP contribution < -0.4 is 0 Å². The molecule has 2 aliphatic rings. The molecule has 0 atom stereocenters. The summed E-state index contributed by atoms with van der Waals surface area (Å²) in [5, 5.41) is 0.958. The first-order valence-corrected chi connectivity index (χ1v) is 11.0. The van der Waals surface area contributed by atoms with E-state index >= 15 is 0 Å². The standard InChI is InChI=1S/C22H24F3N3O2S/c1-13(2)27-12-18(29)28(11-15-4-6-17(7-5-15)22(23,24)25)21(20(27)30)8-16(9-21)19-26-10-14(3)31-19/h4-7,10,13,16H,8-9,11-12H2,1-3H3. The highest BCUT2D eigenvalue weighted by atomic mass is 32.1. The lowest BCUT2D eigenvalue weighted by Gasteiger charge is -2.57. The van der Waals surface area contributed by atoms with E-state index < -0.39 is 17.3 Å². The van der Waals surface area contributed by atoms with Gasteiger partial charge in [0, 0.05) is 29.6 Å². The number of rotatable bonds is 4. The molecule has 2 heterocycles. The van der Waals surface area contributed by atoms with Gasteiger partial charge in [-0.3, -0.25) is 9.59 Å². The third-order valence-electron chi connectivity index (χ3n) is 6.18. The first-order chi connectivity index (χ1) is 14.5. The highest BCUT2D eigenvalue weighted by molar-refractivity contribution is 7.11. The molecule has 1 aliphatic heterocycles. The third kappa shape index (κ3) is 3.84. The van der Waals surface area contributed by atoms with Crippen LogP contribution in [0.1, 0.15) is 53.6 Å². The summed E-state index contributed by atoms with van der Waals surface area (Å²) in [6.45, 7) is 5.83. The quantitative estimate of drug-likeness (QED) is 0.694. The number of benzene rings is 1. The van der Waals surface area contributed by atoms with Crippen molar-refractivity contribution < 1.29 is 22.8 Å². The van der Waals surface area contributed by atoms with E-state index in [0.717, 1.165) is 22.0 Å². The minimum absolute atomic E-state index is 0.0140. The Labute approximate surface area is 182 Å². The Morgan fingerprint density at radius 2 is 1.84 bits per heavy atom. The maximum Gasteiger partial charge on any atom is 0.416 e. The molecule has 31 heavy (non-hydrogen) atoms. The molecule has 1 saturated heterocycles. The van der Waals surface area contributed by atoms with Crippen LogP contribution in [0.2, 0.25) is 0 Å². The summed E-state index contributed by atoms with van der Waals surface area (Å²) in [5.74, 6) is -0.168. The molecule has 2 fully saturated rings. The van der Waals surface area contributed by atoms with E-state index in [1.54, 1.807) is 27.3 Å². The van der Waals surface area contributed by atoms with Crippen LogP contribution in [0.4, 0.5) is 13.2 Å². The van der Waals surface area contributed by atoms with Gasteiger partial charge < -0.3 is 9.80 Å². The van der Waals surface area contributed by atoms with E-state index in [2.05, 4.69) is 4.98 Å². The Morgan fingerprint density at radius 1 is 1.19 bits per heavy atom. The van der Waals surface area contributed by atoms with E-state index in [1.807, 2.05) is 20.8 Å². The zero-order valence-electron chi connectivity index (χ0n) is 17.6. The van der Waals surface area contributed by atoms with Gasteiger partial charge >= 0.3 is 6.18 Å². The number of alkyl halides is 3. The summed E-state index contributed by atoms with van der Waals surface area (Å²) in [4.78, 5) is 35.2. The van der Waals surface area contributed by atoms with Crippen LogP contribution >= 0.6 is 11.3 Å². The fourth-order valence-electron chi connectivity index (χ4n) is 4.45. The van der Waals surface area contributed by atoms with Gasteiger partial charge in [0.2, 0.25) is 11.8 Å². The molecule has 0 N–H and O–H groups in total. The summed E-state index contributed by atoms with van der Waals surface area (Å²) < 4.78 is 38.6. The van der Waals surface area contributed by atoms with Gasteiger partial charge in [-0.2, -0.15) is 13.2 Å². The van der Waals surface area contributed by atoms with Gasteiger partial charge in [-0.1, -0.05) is 12.1 Å². The number of amides is 2. The monoisotopic (exact) mass is 451 g/mol. The van der Waals surface area contributed by atoms with Crippen molar-refractivity contribution >= 4 is 23.2 Å². The molecule has 0 bridgehead atoms. The molecule has 2 amide bonds. The predicted octanol–water partition coefficient (Wildman–Crippen LogP) is 4.37. The molecule has 9 heteroatoms. The Kier molecular flexibility index (Phi) is 5.36. The number of hydrogen-bond acceptors (Lipinski definition) is 4. The molecular formula is C22H24F3N3O2S. The summed E-state index contributed by atoms with van der Waals surface area (Å²) in [6.07, 6.45) is -1.65. The average molecular weight is 452 g/mol. The summed E-state index contributed by atoms with van der Waals surface area (Å²) >= 11 is 1.59. The zero-order chi connectivity index (χ0) is 22.6. The Morgan fingerprint density at radius 3 is 2.35 bits per heavy atom. The average Bonchev–Trinajstić information content (AvgIpc) is 3.08. The number of thiazole rings is 1. The van der Waals surface area contributed by atoms with Gasteiger partial charge in [-0.25, -0.2) is 4.98 Å². The second kappa shape index (κ2) is 7.62. The number of hydrogen-bond donors (Lipinski definition) is 0. The Bertz CT molecular complexity index is 994. The van der Waals surface area contributed by atoms with Gasteiger partial charge in [0.25, 0.3) is 0 Å². The fraction of sp³-hybridized carbons (Fsp3) is 0.500. The van der Waals surface area contributed by atoms with Crippen LogP contribution in [0.25, 0.3) is 0 Å². The molecule has 1 spiro atoms. The topological polar surface area (TPSA) is 53.5 Å². The molecular weight excluding hydrogens is 427 g/mol. The van der Waals surface area contributed by atoms with Crippen molar-refractivity contribution in [2.24, 2.45) is 0 Å². The molecule has 1 saturated carbocycles. The molecule has 1 aromatic carbocycles.